The van der Waals surface area contributed by atoms with E-state index < -0.39 is 0 Å². The Bertz CT molecular complexity index is 317. The molecule has 2 nitrogen and oxygen atoms in total. The standard InChI is InChI=1S/C11H17IN2S/c1-8(15-2)5-6-14-11-4-3-9(13)7-10(11)12/h3-4,7-8,14H,5-6,13H2,1-2H3. The molecule has 0 saturated carbocycles. The van der Waals surface area contributed by atoms with Crippen molar-refractivity contribution in [2.24, 2.45) is 0 Å². The lowest BCUT2D eigenvalue weighted by atomic mass is 10.2. The molecule has 0 bridgehead atoms. The number of halogens is 1. The lowest BCUT2D eigenvalue weighted by Crippen LogP contribution is -2.08. The molecule has 4 heteroatoms. The van der Waals surface area contributed by atoms with Gasteiger partial charge in [0.1, 0.15) is 0 Å². The van der Waals surface area contributed by atoms with Crippen LogP contribution in [0.3, 0.4) is 0 Å². The van der Waals surface area contributed by atoms with Gasteiger partial charge in [0, 0.05) is 26.7 Å². The molecule has 0 heterocycles. The maximum absolute atomic E-state index is 5.69. The Labute approximate surface area is 110 Å². The van der Waals surface area contributed by atoms with E-state index in [4.69, 9.17) is 5.73 Å². The zero-order valence-electron chi connectivity index (χ0n) is 9.09. The van der Waals surface area contributed by atoms with Crippen LogP contribution in [-0.4, -0.2) is 18.1 Å². The first kappa shape index (κ1) is 13.0. The summed E-state index contributed by atoms with van der Waals surface area (Å²) >= 11 is 4.21. The number of anilines is 2. The third kappa shape index (κ3) is 4.51. The zero-order valence-corrected chi connectivity index (χ0v) is 12.1. The van der Waals surface area contributed by atoms with Crippen LogP contribution in [0, 0.1) is 3.57 Å². The molecule has 0 aliphatic heterocycles. The summed E-state index contributed by atoms with van der Waals surface area (Å²) in [6, 6.07) is 5.96. The van der Waals surface area contributed by atoms with Crippen LogP contribution in [0.5, 0.6) is 0 Å². The van der Waals surface area contributed by atoms with Crippen molar-refractivity contribution < 1.29 is 0 Å². The molecule has 1 aromatic rings. The minimum absolute atomic E-state index is 0.712. The molecule has 1 unspecified atom stereocenters. The van der Waals surface area contributed by atoms with E-state index >= 15 is 0 Å². The van der Waals surface area contributed by atoms with E-state index in [9.17, 15) is 0 Å². The number of hydrogen-bond donors (Lipinski definition) is 2. The summed E-state index contributed by atoms with van der Waals surface area (Å²) in [6.45, 7) is 3.27. The molecule has 84 valence electrons. The van der Waals surface area contributed by atoms with Gasteiger partial charge in [0.15, 0.2) is 0 Å². The summed E-state index contributed by atoms with van der Waals surface area (Å²) in [5.41, 5.74) is 7.69. The first-order valence-corrected chi connectivity index (χ1v) is 7.32. The van der Waals surface area contributed by atoms with E-state index in [1.165, 1.54) is 15.7 Å². The summed E-state index contributed by atoms with van der Waals surface area (Å²) in [5, 5.41) is 4.14. The average molecular weight is 336 g/mol. The Morgan fingerprint density at radius 1 is 1.53 bits per heavy atom. The summed E-state index contributed by atoms with van der Waals surface area (Å²) in [5.74, 6) is 0. The molecule has 0 aromatic heterocycles. The molecular formula is C11H17IN2S. The van der Waals surface area contributed by atoms with E-state index in [2.05, 4.69) is 41.1 Å². The highest BCUT2D eigenvalue weighted by atomic mass is 127. The average Bonchev–Trinajstić information content (AvgIpc) is 2.21. The summed E-state index contributed by atoms with van der Waals surface area (Å²) in [6.07, 6.45) is 3.33. The van der Waals surface area contributed by atoms with Gasteiger partial charge in [-0.3, -0.25) is 0 Å². The van der Waals surface area contributed by atoms with Crippen LogP contribution >= 0.6 is 34.4 Å². The molecule has 0 aliphatic carbocycles. The van der Waals surface area contributed by atoms with Crippen molar-refractivity contribution in [1.29, 1.82) is 0 Å². The Hall–Kier alpha value is -0.100. The lowest BCUT2D eigenvalue weighted by molar-refractivity contribution is 0.853. The molecule has 15 heavy (non-hydrogen) atoms. The Morgan fingerprint density at radius 2 is 2.27 bits per heavy atom. The van der Waals surface area contributed by atoms with Crippen molar-refractivity contribution in [3.05, 3.63) is 21.8 Å². The maximum atomic E-state index is 5.69. The molecule has 1 rings (SSSR count). The van der Waals surface area contributed by atoms with Gasteiger partial charge in [-0.05, 0) is 53.5 Å². The van der Waals surface area contributed by atoms with Gasteiger partial charge in [0.05, 0.1) is 0 Å². The number of benzene rings is 1. The lowest BCUT2D eigenvalue weighted by Gasteiger charge is -2.11. The largest absolute Gasteiger partial charge is 0.399 e. The first-order valence-electron chi connectivity index (χ1n) is 4.95. The number of nitrogens with two attached hydrogens (primary N) is 1. The van der Waals surface area contributed by atoms with Crippen molar-refractivity contribution in [3.8, 4) is 0 Å². The first-order chi connectivity index (χ1) is 7.13. The molecule has 0 radical (unpaired) electrons. The topological polar surface area (TPSA) is 38.0 Å². The summed E-state index contributed by atoms with van der Waals surface area (Å²) < 4.78 is 1.18. The molecule has 1 atom stereocenters. The van der Waals surface area contributed by atoms with E-state index in [1.807, 2.05) is 30.0 Å². The highest BCUT2D eigenvalue weighted by Gasteiger charge is 2.01. The fraction of sp³-hybridized carbons (Fsp3) is 0.455. The number of nitrogen functional groups attached to an aromatic ring is 1. The number of rotatable bonds is 5. The monoisotopic (exact) mass is 336 g/mol. The van der Waals surface area contributed by atoms with Gasteiger partial charge in [-0.1, -0.05) is 6.92 Å². The van der Waals surface area contributed by atoms with Crippen LogP contribution in [0.1, 0.15) is 13.3 Å². The predicted molar refractivity (Wildman–Crippen MR) is 79.7 cm³/mol. The van der Waals surface area contributed by atoms with Gasteiger partial charge in [0.25, 0.3) is 0 Å². The van der Waals surface area contributed by atoms with Crippen LogP contribution in [0.15, 0.2) is 18.2 Å². The third-order valence-corrected chi connectivity index (χ3v) is 4.19. The fourth-order valence-corrected chi connectivity index (χ4v) is 2.29. The molecule has 0 fully saturated rings. The predicted octanol–water partition coefficient (Wildman–Crippen LogP) is 3.43. The minimum atomic E-state index is 0.712. The van der Waals surface area contributed by atoms with Crippen LogP contribution in [-0.2, 0) is 0 Å². The quantitative estimate of drug-likeness (QED) is 0.639. The Balaban J connectivity index is 2.44. The number of hydrogen-bond acceptors (Lipinski definition) is 3. The highest BCUT2D eigenvalue weighted by molar-refractivity contribution is 14.1. The van der Waals surface area contributed by atoms with Crippen LogP contribution in [0.25, 0.3) is 0 Å². The summed E-state index contributed by atoms with van der Waals surface area (Å²) in [7, 11) is 0. The van der Waals surface area contributed by atoms with Crippen LogP contribution in [0.4, 0.5) is 11.4 Å². The van der Waals surface area contributed by atoms with Gasteiger partial charge >= 0.3 is 0 Å². The summed E-state index contributed by atoms with van der Waals surface area (Å²) in [4.78, 5) is 0. The van der Waals surface area contributed by atoms with E-state index in [0.29, 0.717) is 5.25 Å². The SMILES string of the molecule is CSC(C)CCNc1ccc(N)cc1I. The van der Waals surface area contributed by atoms with Crippen molar-refractivity contribution in [1.82, 2.24) is 0 Å². The van der Waals surface area contributed by atoms with E-state index in [1.54, 1.807) is 0 Å². The minimum Gasteiger partial charge on any atom is -0.399 e. The molecular weight excluding hydrogens is 319 g/mol. The van der Waals surface area contributed by atoms with Crippen molar-refractivity contribution in [2.45, 2.75) is 18.6 Å². The molecule has 0 spiro atoms. The Morgan fingerprint density at radius 3 is 2.87 bits per heavy atom. The smallest absolute Gasteiger partial charge is 0.0477 e. The molecule has 0 aliphatic rings. The van der Waals surface area contributed by atoms with Gasteiger partial charge in [-0.25, -0.2) is 0 Å². The van der Waals surface area contributed by atoms with Crippen LogP contribution in [0.2, 0.25) is 0 Å². The second-order valence-electron chi connectivity index (χ2n) is 3.50. The van der Waals surface area contributed by atoms with Crippen molar-refractivity contribution >= 4 is 45.7 Å². The van der Waals surface area contributed by atoms with Gasteiger partial charge in [0.2, 0.25) is 0 Å². The number of nitrogens with one attached hydrogen (secondary N) is 1. The fourth-order valence-electron chi connectivity index (χ4n) is 1.20. The van der Waals surface area contributed by atoms with Gasteiger partial charge in [-0.2, -0.15) is 11.8 Å². The molecule has 0 saturated heterocycles. The van der Waals surface area contributed by atoms with Crippen molar-refractivity contribution in [3.63, 3.8) is 0 Å². The Kier molecular flexibility index (Phi) is 5.60. The second kappa shape index (κ2) is 6.48. The van der Waals surface area contributed by atoms with Gasteiger partial charge in [-0.15, -0.1) is 0 Å². The highest BCUT2D eigenvalue weighted by Crippen LogP contribution is 2.21. The normalized spacial score (nSPS) is 12.5. The molecule has 0 amide bonds. The second-order valence-corrected chi connectivity index (χ2v) is 5.94. The zero-order chi connectivity index (χ0) is 11.3. The maximum Gasteiger partial charge on any atom is 0.0477 e. The van der Waals surface area contributed by atoms with E-state index in [0.717, 1.165) is 12.2 Å². The van der Waals surface area contributed by atoms with Crippen molar-refractivity contribution in [2.75, 3.05) is 23.9 Å². The number of thioether (sulfide) groups is 1. The van der Waals surface area contributed by atoms with Gasteiger partial charge < -0.3 is 11.1 Å². The third-order valence-electron chi connectivity index (χ3n) is 2.26. The van der Waals surface area contributed by atoms with E-state index in [-0.39, 0.29) is 0 Å². The molecule has 1 aromatic carbocycles. The van der Waals surface area contributed by atoms with Crippen LogP contribution < -0.4 is 11.1 Å². The molecule has 3 N–H and O–H groups in total.